The molecule has 6 aromatic carbocycles. The first-order valence-electron chi connectivity index (χ1n) is 11.6. The van der Waals surface area contributed by atoms with E-state index in [1.165, 1.54) is 38.1 Å². The molecule has 0 saturated carbocycles. The van der Waals surface area contributed by atoms with E-state index in [0.717, 1.165) is 10.9 Å². The van der Waals surface area contributed by atoms with Crippen molar-refractivity contribution >= 4 is 32.3 Å². The van der Waals surface area contributed by atoms with Gasteiger partial charge < -0.3 is 5.11 Å². The summed E-state index contributed by atoms with van der Waals surface area (Å²) >= 11 is 0. The van der Waals surface area contributed by atoms with E-state index in [2.05, 4.69) is 105 Å². The van der Waals surface area contributed by atoms with Crippen LogP contribution in [0.15, 0.2) is 121 Å². The fraction of sp³-hybridized carbons (Fsp3) is 0.0909. The summed E-state index contributed by atoms with van der Waals surface area (Å²) in [6.07, 6.45) is 0. The van der Waals surface area contributed by atoms with Crippen LogP contribution in [0.1, 0.15) is 16.7 Å². The maximum atomic E-state index is 9.31. The van der Waals surface area contributed by atoms with Crippen molar-refractivity contribution in [3.63, 3.8) is 0 Å². The Labute approximate surface area is 201 Å². The lowest BCUT2D eigenvalue weighted by atomic mass is 10.1. The summed E-state index contributed by atoms with van der Waals surface area (Å²) in [6.45, 7) is 6.28. The Balaban J connectivity index is 0.000000121. The molecule has 0 fully saturated rings. The highest BCUT2D eigenvalue weighted by atomic mass is 16.3. The summed E-state index contributed by atoms with van der Waals surface area (Å²) in [5, 5.41) is 17.0. The molecule has 1 nitrogen and oxygen atoms in total. The standard InChI is InChI=1S/C11H10O.2C11H10/c1-8-6-10(12)7-9-4-2-3-5-11(8)9;2*1-9-5-4-7-10-6-2-3-8-11(9)10/h2-7,12H,1H3;2*2-8H,1H3. The molecule has 0 radical (unpaired) electrons. The van der Waals surface area contributed by atoms with Crippen molar-refractivity contribution in [3.8, 4) is 5.75 Å². The van der Waals surface area contributed by atoms with E-state index in [0.29, 0.717) is 5.75 Å². The maximum Gasteiger partial charge on any atom is 0.116 e. The highest BCUT2D eigenvalue weighted by Gasteiger charge is 1.97. The van der Waals surface area contributed by atoms with E-state index in [4.69, 9.17) is 0 Å². The van der Waals surface area contributed by atoms with E-state index >= 15 is 0 Å². The smallest absolute Gasteiger partial charge is 0.116 e. The third-order valence-electron chi connectivity index (χ3n) is 6.07. The summed E-state index contributed by atoms with van der Waals surface area (Å²) < 4.78 is 0. The Kier molecular flexibility index (Phi) is 7.25. The van der Waals surface area contributed by atoms with Gasteiger partial charge in [-0.15, -0.1) is 0 Å². The Bertz CT molecular complexity index is 1460. The number of hydrogen-bond acceptors (Lipinski definition) is 1. The highest BCUT2D eigenvalue weighted by molar-refractivity contribution is 5.87. The molecule has 168 valence electrons. The summed E-state index contributed by atoms with van der Waals surface area (Å²) in [7, 11) is 0. The molecular formula is C33H30O. The largest absolute Gasteiger partial charge is 0.508 e. The van der Waals surface area contributed by atoms with Gasteiger partial charge in [-0.25, -0.2) is 0 Å². The molecule has 0 saturated heterocycles. The zero-order valence-corrected chi connectivity index (χ0v) is 20.0. The zero-order valence-electron chi connectivity index (χ0n) is 20.0. The van der Waals surface area contributed by atoms with Crippen LogP contribution < -0.4 is 0 Å². The molecule has 1 N–H and O–H groups in total. The number of rotatable bonds is 0. The summed E-state index contributed by atoms with van der Waals surface area (Å²) in [5.74, 6) is 0.339. The fourth-order valence-electron chi connectivity index (χ4n) is 4.26. The number of aromatic hydroxyl groups is 1. The molecule has 34 heavy (non-hydrogen) atoms. The van der Waals surface area contributed by atoms with Crippen LogP contribution in [-0.4, -0.2) is 5.11 Å². The third kappa shape index (κ3) is 5.44. The number of aryl methyl sites for hydroxylation is 3. The van der Waals surface area contributed by atoms with Gasteiger partial charge in [-0.3, -0.25) is 0 Å². The minimum Gasteiger partial charge on any atom is -0.508 e. The number of benzene rings is 6. The molecule has 6 rings (SSSR count). The topological polar surface area (TPSA) is 20.2 Å². The predicted octanol–water partition coefficient (Wildman–Crippen LogP) is 9.15. The van der Waals surface area contributed by atoms with Gasteiger partial charge in [0.2, 0.25) is 0 Å². The molecule has 0 unspecified atom stereocenters. The first kappa shape index (κ1) is 23.1. The average Bonchev–Trinajstić information content (AvgIpc) is 2.86. The van der Waals surface area contributed by atoms with Gasteiger partial charge in [0.25, 0.3) is 0 Å². The molecule has 0 aliphatic rings. The van der Waals surface area contributed by atoms with E-state index in [9.17, 15) is 5.11 Å². The lowest BCUT2D eigenvalue weighted by Gasteiger charge is -2.01. The molecule has 0 aromatic heterocycles. The maximum absolute atomic E-state index is 9.31. The minimum absolute atomic E-state index is 0.339. The van der Waals surface area contributed by atoms with E-state index in [1.807, 2.05) is 25.1 Å². The molecule has 0 spiro atoms. The Morgan fingerprint density at radius 2 is 0.765 bits per heavy atom. The van der Waals surface area contributed by atoms with Crippen LogP contribution >= 0.6 is 0 Å². The summed E-state index contributed by atoms with van der Waals surface area (Å²) in [6, 6.07) is 41.3. The highest BCUT2D eigenvalue weighted by Crippen LogP contribution is 2.23. The second-order valence-electron chi connectivity index (χ2n) is 8.58. The van der Waals surface area contributed by atoms with Crippen LogP contribution in [0, 0.1) is 20.8 Å². The number of phenols is 1. The van der Waals surface area contributed by atoms with Crippen molar-refractivity contribution in [2.24, 2.45) is 0 Å². The Hall–Kier alpha value is -4.10. The van der Waals surface area contributed by atoms with Crippen molar-refractivity contribution in [1.82, 2.24) is 0 Å². The van der Waals surface area contributed by atoms with Gasteiger partial charge in [0.15, 0.2) is 0 Å². The molecule has 6 aromatic rings. The summed E-state index contributed by atoms with van der Waals surface area (Å²) in [5.41, 5.74) is 3.82. The van der Waals surface area contributed by atoms with Crippen LogP contribution in [0.5, 0.6) is 5.75 Å². The van der Waals surface area contributed by atoms with Gasteiger partial charge >= 0.3 is 0 Å². The second kappa shape index (κ2) is 10.7. The summed E-state index contributed by atoms with van der Waals surface area (Å²) in [4.78, 5) is 0. The van der Waals surface area contributed by atoms with Crippen LogP contribution in [0.3, 0.4) is 0 Å². The van der Waals surface area contributed by atoms with Gasteiger partial charge in [-0.1, -0.05) is 109 Å². The van der Waals surface area contributed by atoms with Crippen molar-refractivity contribution in [2.75, 3.05) is 0 Å². The average molecular weight is 443 g/mol. The predicted molar refractivity (Wildman–Crippen MR) is 148 cm³/mol. The second-order valence-corrected chi connectivity index (χ2v) is 8.58. The Morgan fingerprint density at radius 1 is 0.382 bits per heavy atom. The minimum atomic E-state index is 0.339. The van der Waals surface area contributed by atoms with Gasteiger partial charge in [-0.2, -0.15) is 0 Å². The first-order valence-corrected chi connectivity index (χ1v) is 11.6. The van der Waals surface area contributed by atoms with Crippen LogP contribution in [0.4, 0.5) is 0 Å². The van der Waals surface area contributed by atoms with Crippen LogP contribution in [0.25, 0.3) is 32.3 Å². The van der Waals surface area contributed by atoms with Gasteiger partial charge in [-0.05, 0) is 81.9 Å². The van der Waals surface area contributed by atoms with Crippen molar-refractivity contribution < 1.29 is 5.11 Å². The zero-order chi connectivity index (χ0) is 23.9. The molecule has 0 aliphatic heterocycles. The molecule has 1 heteroatoms. The van der Waals surface area contributed by atoms with Gasteiger partial charge in [0.05, 0.1) is 0 Å². The third-order valence-corrected chi connectivity index (χ3v) is 6.07. The monoisotopic (exact) mass is 442 g/mol. The number of hydrogen-bond donors (Lipinski definition) is 1. The normalized spacial score (nSPS) is 10.3. The fourth-order valence-corrected chi connectivity index (χ4v) is 4.26. The van der Waals surface area contributed by atoms with E-state index < -0.39 is 0 Å². The van der Waals surface area contributed by atoms with Crippen molar-refractivity contribution in [3.05, 3.63) is 138 Å². The van der Waals surface area contributed by atoms with E-state index in [-0.39, 0.29) is 0 Å². The molecule has 0 aliphatic carbocycles. The molecule has 0 atom stereocenters. The number of phenolic OH excluding ortho intramolecular Hbond substituents is 1. The molecule has 0 bridgehead atoms. The number of fused-ring (bicyclic) bond motifs is 3. The van der Waals surface area contributed by atoms with Gasteiger partial charge in [0, 0.05) is 0 Å². The molecule has 0 amide bonds. The lowest BCUT2D eigenvalue weighted by molar-refractivity contribution is 0.476. The van der Waals surface area contributed by atoms with E-state index in [1.54, 1.807) is 12.1 Å². The quantitative estimate of drug-likeness (QED) is 0.249. The van der Waals surface area contributed by atoms with Gasteiger partial charge in [0.1, 0.15) is 5.75 Å². The lowest BCUT2D eigenvalue weighted by Crippen LogP contribution is -1.77. The Morgan fingerprint density at radius 3 is 1.24 bits per heavy atom. The molecule has 0 heterocycles. The first-order chi connectivity index (χ1) is 16.5. The SMILES string of the molecule is Cc1cc(O)cc2ccccc12.Cc1cccc2ccccc12.Cc1cccc2ccccc12. The van der Waals surface area contributed by atoms with Crippen LogP contribution in [-0.2, 0) is 0 Å². The van der Waals surface area contributed by atoms with Crippen molar-refractivity contribution in [1.29, 1.82) is 0 Å². The van der Waals surface area contributed by atoms with Crippen LogP contribution in [0.2, 0.25) is 0 Å². The van der Waals surface area contributed by atoms with Crippen molar-refractivity contribution in [2.45, 2.75) is 20.8 Å². The molecular weight excluding hydrogens is 412 g/mol.